The Morgan fingerprint density at radius 1 is 1.12 bits per heavy atom. The van der Waals surface area contributed by atoms with Gasteiger partial charge in [-0.05, 0) is 42.8 Å². The second-order valence-electron chi connectivity index (χ2n) is 7.35. The molecule has 32 heavy (non-hydrogen) atoms. The van der Waals surface area contributed by atoms with E-state index in [1.807, 2.05) is 6.92 Å². The lowest BCUT2D eigenvalue weighted by molar-refractivity contribution is -0.120. The molecule has 0 saturated carbocycles. The predicted molar refractivity (Wildman–Crippen MR) is 116 cm³/mol. The molecule has 1 aromatic carbocycles. The number of hydrogen-bond acceptors (Lipinski definition) is 5. The zero-order valence-electron chi connectivity index (χ0n) is 17.7. The first kappa shape index (κ1) is 21.2. The van der Waals surface area contributed by atoms with Crippen LogP contribution < -0.4 is 10.6 Å². The molecule has 0 aliphatic heterocycles. The molecule has 0 spiro atoms. The van der Waals surface area contributed by atoms with Crippen LogP contribution in [0, 0.1) is 12.7 Å². The number of carbonyl (C=O) groups excluding carboxylic acids is 2. The monoisotopic (exact) mass is 435 g/mol. The average molecular weight is 435 g/mol. The number of rotatable bonds is 7. The molecular formula is C23H22FN5O3. The quantitative estimate of drug-likeness (QED) is 0.435. The first-order valence-electron chi connectivity index (χ1n) is 10.1. The van der Waals surface area contributed by atoms with Crippen molar-refractivity contribution < 1.29 is 18.4 Å². The van der Waals surface area contributed by atoms with E-state index < -0.39 is 0 Å². The molecule has 0 bridgehead atoms. The van der Waals surface area contributed by atoms with Crippen LogP contribution in [0.2, 0.25) is 0 Å². The fourth-order valence-corrected chi connectivity index (χ4v) is 3.54. The van der Waals surface area contributed by atoms with Crippen LogP contribution in [0.5, 0.6) is 0 Å². The summed E-state index contributed by atoms with van der Waals surface area (Å²) in [6.07, 6.45) is 1.61. The number of nitrogens with one attached hydrogen (secondary N) is 2. The van der Waals surface area contributed by atoms with Crippen molar-refractivity contribution in [1.29, 1.82) is 0 Å². The van der Waals surface area contributed by atoms with Crippen molar-refractivity contribution >= 4 is 22.8 Å². The van der Waals surface area contributed by atoms with Gasteiger partial charge in [-0.1, -0.05) is 12.1 Å². The van der Waals surface area contributed by atoms with Crippen LogP contribution in [-0.2, 0) is 18.3 Å². The summed E-state index contributed by atoms with van der Waals surface area (Å²) in [6.45, 7) is 2.29. The molecule has 3 aromatic heterocycles. The Labute approximate surface area is 183 Å². The summed E-state index contributed by atoms with van der Waals surface area (Å²) in [5, 5.41) is 10.6. The lowest BCUT2D eigenvalue weighted by Crippen LogP contribution is -2.35. The minimum Gasteiger partial charge on any atom is -0.463 e. The van der Waals surface area contributed by atoms with Gasteiger partial charge in [0.15, 0.2) is 11.4 Å². The van der Waals surface area contributed by atoms with Crippen molar-refractivity contribution in [3.05, 3.63) is 71.4 Å². The van der Waals surface area contributed by atoms with Crippen LogP contribution in [0.4, 0.5) is 4.39 Å². The molecule has 8 nitrogen and oxygen atoms in total. The smallest absolute Gasteiger partial charge is 0.252 e. The van der Waals surface area contributed by atoms with Gasteiger partial charge in [-0.2, -0.15) is 5.10 Å². The Morgan fingerprint density at radius 2 is 1.94 bits per heavy atom. The number of aromatic nitrogens is 3. The second kappa shape index (κ2) is 9.01. The largest absolute Gasteiger partial charge is 0.463 e. The maximum absolute atomic E-state index is 13.2. The first-order valence-corrected chi connectivity index (χ1v) is 10.1. The zero-order chi connectivity index (χ0) is 22.7. The Hall–Kier alpha value is -4.01. The standard InChI is InChI=1S/C23H22FN5O3/c1-14-21-17(13-18(19-7-4-10-32-19)27-22(21)29(2)28-14)23(31)26-9-8-25-20(30)12-15-5-3-6-16(24)11-15/h3-7,10-11,13H,8-9,12H2,1-2H3,(H,25,30)(H,26,31). The number of furan rings is 1. The van der Waals surface area contributed by atoms with Crippen LogP contribution in [0.1, 0.15) is 21.6 Å². The van der Waals surface area contributed by atoms with E-state index >= 15 is 0 Å². The summed E-state index contributed by atoms with van der Waals surface area (Å²) >= 11 is 0. The highest BCUT2D eigenvalue weighted by atomic mass is 19.1. The van der Waals surface area contributed by atoms with E-state index in [9.17, 15) is 14.0 Å². The van der Waals surface area contributed by atoms with Crippen molar-refractivity contribution in [1.82, 2.24) is 25.4 Å². The summed E-state index contributed by atoms with van der Waals surface area (Å²) in [5.41, 5.74) is 2.81. The minimum absolute atomic E-state index is 0.0675. The molecule has 0 unspecified atom stereocenters. The van der Waals surface area contributed by atoms with E-state index in [-0.39, 0.29) is 37.1 Å². The van der Waals surface area contributed by atoms with Gasteiger partial charge in [0.25, 0.3) is 5.91 Å². The number of hydrogen-bond donors (Lipinski definition) is 2. The van der Waals surface area contributed by atoms with Gasteiger partial charge in [-0.25, -0.2) is 9.37 Å². The van der Waals surface area contributed by atoms with E-state index in [4.69, 9.17) is 4.42 Å². The van der Waals surface area contributed by atoms with Crippen molar-refractivity contribution in [2.24, 2.45) is 7.05 Å². The van der Waals surface area contributed by atoms with Crippen LogP contribution in [0.15, 0.2) is 53.1 Å². The second-order valence-corrected chi connectivity index (χ2v) is 7.35. The van der Waals surface area contributed by atoms with E-state index in [1.54, 1.807) is 48.3 Å². The molecule has 4 rings (SSSR count). The molecule has 9 heteroatoms. The van der Waals surface area contributed by atoms with Crippen molar-refractivity contribution in [3.63, 3.8) is 0 Å². The Kier molecular flexibility index (Phi) is 5.98. The summed E-state index contributed by atoms with van der Waals surface area (Å²) in [6, 6.07) is 11.1. The lowest BCUT2D eigenvalue weighted by atomic mass is 10.1. The molecule has 2 amide bonds. The molecule has 0 saturated heterocycles. The molecule has 0 radical (unpaired) electrons. The highest BCUT2D eigenvalue weighted by Crippen LogP contribution is 2.27. The molecule has 4 aromatic rings. The minimum atomic E-state index is -0.383. The van der Waals surface area contributed by atoms with Crippen LogP contribution in [0.3, 0.4) is 0 Å². The molecule has 0 atom stereocenters. The molecule has 0 aliphatic carbocycles. The third-order valence-corrected chi connectivity index (χ3v) is 4.97. The van der Waals surface area contributed by atoms with Gasteiger partial charge in [0, 0.05) is 20.1 Å². The average Bonchev–Trinajstić information content (AvgIpc) is 3.39. The van der Waals surface area contributed by atoms with E-state index in [1.165, 1.54) is 12.1 Å². The van der Waals surface area contributed by atoms with E-state index in [2.05, 4.69) is 20.7 Å². The molecule has 3 heterocycles. The molecule has 2 N–H and O–H groups in total. The zero-order valence-corrected chi connectivity index (χ0v) is 17.7. The molecule has 164 valence electrons. The van der Waals surface area contributed by atoms with Crippen LogP contribution in [0.25, 0.3) is 22.5 Å². The maximum atomic E-state index is 13.2. The Bertz CT molecular complexity index is 1280. The fourth-order valence-electron chi connectivity index (χ4n) is 3.54. The Balaban J connectivity index is 1.43. The molecule has 0 aliphatic rings. The molecular weight excluding hydrogens is 413 g/mol. The van der Waals surface area contributed by atoms with E-state index in [0.29, 0.717) is 39.3 Å². The van der Waals surface area contributed by atoms with Gasteiger partial charge >= 0.3 is 0 Å². The van der Waals surface area contributed by atoms with Crippen molar-refractivity contribution in [2.45, 2.75) is 13.3 Å². The van der Waals surface area contributed by atoms with Gasteiger partial charge in [0.05, 0.1) is 29.3 Å². The predicted octanol–water partition coefficient (Wildman–Crippen LogP) is 2.76. The first-order chi connectivity index (χ1) is 15.4. The normalized spacial score (nSPS) is 11.0. The van der Waals surface area contributed by atoms with Crippen LogP contribution >= 0.6 is 0 Å². The highest BCUT2D eigenvalue weighted by molar-refractivity contribution is 6.07. The SMILES string of the molecule is Cc1nn(C)c2nc(-c3ccco3)cc(C(=O)NCCNC(=O)Cc3cccc(F)c3)c12. The number of aryl methyl sites for hydroxylation is 2. The summed E-state index contributed by atoms with van der Waals surface area (Å²) in [4.78, 5) is 29.6. The number of benzene rings is 1. The number of nitrogens with zero attached hydrogens (tertiary/aromatic N) is 3. The topological polar surface area (TPSA) is 102 Å². The number of carbonyl (C=O) groups is 2. The Morgan fingerprint density at radius 3 is 2.69 bits per heavy atom. The summed E-state index contributed by atoms with van der Waals surface area (Å²) < 4.78 is 20.3. The van der Waals surface area contributed by atoms with Crippen molar-refractivity contribution in [3.8, 4) is 11.5 Å². The molecule has 0 fully saturated rings. The maximum Gasteiger partial charge on any atom is 0.252 e. The van der Waals surface area contributed by atoms with Gasteiger partial charge in [-0.15, -0.1) is 0 Å². The van der Waals surface area contributed by atoms with Crippen LogP contribution in [-0.4, -0.2) is 39.7 Å². The number of halogens is 1. The highest BCUT2D eigenvalue weighted by Gasteiger charge is 2.20. The fraction of sp³-hybridized carbons (Fsp3) is 0.217. The number of amides is 2. The third-order valence-electron chi connectivity index (χ3n) is 4.97. The number of fused-ring (bicyclic) bond motifs is 1. The van der Waals surface area contributed by atoms with Gasteiger partial charge in [0.2, 0.25) is 5.91 Å². The number of pyridine rings is 1. The summed E-state index contributed by atoms with van der Waals surface area (Å²) in [7, 11) is 1.77. The summed E-state index contributed by atoms with van der Waals surface area (Å²) in [5.74, 6) is -0.393. The van der Waals surface area contributed by atoms with Crippen molar-refractivity contribution in [2.75, 3.05) is 13.1 Å². The van der Waals surface area contributed by atoms with E-state index in [0.717, 1.165) is 0 Å². The third kappa shape index (κ3) is 4.51. The van der Waals surface area contributed by atoms with Gasteiger partial charge in [0.1, 0.15) is 11.5 Å². The van der Waals surface area contributed by atoms with Gasteiger partial charge in [-0.3, -0.25) is 14.3 Å². The van der Waals surface area contributed by atoms with Gasteiger partial charge < -0.3 is 15.1 Å². The lowest BCUT2D eigenvalue weighted by Gasteiger charge is -2.09.